The van der Waals surface area contributed by atoms with Crippen LogP contribution < -0.4 is 0 Å². The van der Waals surface area contributed by atoms with E-state index in [0.717, 1.165) is 10.0 Å². The summed E-state index contributed by atoms with van der Waals surface area (Å²) in [4.78, 5) is 14.7. The summed E-state index contributed by atoms with van der Waals surface area (Å²) in [5.41, 5.74) is 0.793. The van der Waals surface area contributed by atoms with E-state index in [4.69, 9.17) is 9.84 Å². The van der Waals surface area contributed by atoms with Crippen LogP contribution in [0, 0.1) is 0 Å². The Morgan fingerprint density at radius 3 is 2.67 bits per heavy atom. The first-order valence-corrected chi connectivity index (χ1v) is 5.16. The Bertz CT molecular complexity index is 413. The van der Waals surface area contributed by atoms with Gasteiger partial charge in [-0.25, -0.2) is 9.79 Å². The van der Waals surface area contributed by atoms with Crippen LogP contribution in [-0.4, -0.2) is 29.6 Å². The molecular weight excluding hydrogens is 262 g/mol. The van der Waals surface area contributed by atoms with E-state index in [1.807, 2.05) is 24.3 Å². The highest BCUT2D eigenvalue weighted by molar-refractivity contribution is 9.10. The third-order valence-electron chi connectivity index (χ3n) is 2.02. The lowest BCUT2D eigenvalue weighted by Crippen LogP contribution is -2.23. The number of hydrogen-bond donors (Lipinski definition) is 1. The number of aliphatic imine (C=N–C) groups is 1. The topological polar surface area (TPSA) is 58.9 Å². The van der Waals surface area contributed by atoms with Crippen LogP contribution in [0.15, 0.2) is 33.7 Å². The van der Waals surface area contributed by atoms with E-state index in [-0.39, 0.29) is 6.54 Å². The number of rotatable bonds is 2. The lowest BCUT2D eigenvalue weighted by Gasteiger charge is -2.06. The SMILES string of the molecule is O=C(O)C1CN=C(c2ccc(Br)cc2)O1. The molecule has 1 aliphatic rings. The molecule has 0 saturated heterocycles. The zero-order valence-electron chi connectivity index (χ0n) is 7.68. The summed E-state index contributed by atoms with van der Waals surface area (Å²) in [6, 6.07) is 7.37. The van der Waals surface area contributed by atoms with E-state index in [1.54, 1.807) is 0 Å². The Hall–Kier alpha value is -1.36. The highest BCUT2D eigenvalue weighted by Gasteiger charge is 2.26. The Morgan fingerprint density at radius 2 is 2.13 bits per heavy atom. The summed E-state index contributed by atoms with van der Waals surface area (Å²) in [6.45, 7) is 0.181. The third kappa shape index (κ3) is 2.18. The molecule has 1 aliphatic heterocycles. The number of halogens is 1. The molecule has 0 saturated carbocycles. The first-order valence-electron chi connectivity index (χ1n) is 4.36. The van der Waals surface area contributed by atoms with Gasteiger partial charge in [-0.05, 0) is 24.3 Å². The summed E-state index contributed by atoms with van der Waals surface area (Å²) in [5.74, 6) is -0.583. The van der Waals surface area contributed by atoms with Gasteiger partial charge in [0.1, 0.15) is 0 Å². The maximum Gasteiger partial charge on any atom is 0.346 e. The second-order valence-electron chi connectivity index (χ2n) is 3.10. The molecule has 0 fully saturated rings. The normalized spacial score (nSPS) is 19.5. The molecule has 0 radical (unpaired) electrons. The minimum Gasteiger partial charge on any atom is -0.478 e. The monoisotopic (exact) mass is 269 g/mol. The van der Waals surface area contributed by atoms with Crippen LogP contribution in [0.3, 0.4) is 0 Å². The molecule has 0 bridgehead atoms. The molecule has 1 aromatic rings. The number of aliphatic carboxylic acids is 1. The minimum atomic E-state index is -0.981. The van der Waals surface area contributed by atoms with Gasteiger partial charge >= 0.3 is 5.97 Å². The molecule has 0 amide bonds. The fourth-order valence-electron chi connectivity index (χ4n) is 1.26. The molecule has 15 heavy (non-hydrogen) atoms. The van der Waals surface area contributed by atoms with Crippen LogP contribution in [0.2, 0.25) is 0 Å². The van der Waals surface area contributed by atoms with Crippen molar-refractivity contribution in [2.24, 2.45) is 4.99 Å². The van der Waals surface area contributed by atoms with Crippen LogP contribution in [0.5, 0.6) is 0 Å². The molecule has 1 aromatic carbocycles. The van der Waals surface area contributed by atoms with E-state index in [9.17, 15) is 4.79 Å². The zero-order valence-corrected chi connectivity index (χ0v) is 9.27. The summed E-state index contributed by atoms with van der Waals surface area (Å²) in [5, 5.41) is 8.72. The van der Waals surface area contributed by atoms with Crippen LogP contribution in [0.4, 0.5) is 0 Å². The first kappa shape index (κ1) is 10.2. The maximum atomic E-state index is 10.6. The number of benzene rings is 1. The smallest absolute Gasteiger partial charge is 0.346 e. The van der Waals surface area contributed by atoms with Gasteiger partial charge in [-0.2, -0.15) is 0 Å². The molecule has 0 aliphatic carbocycles. The molecular formula is C10H8BrNO3. The van der Waals surface area contributed by atoms with Crippen LogP contribution in [0.25, 0.3) is 0 Å². The molecule has 1 heterocycles. The van der Waals surface area contributed by atoms with Gasteiger partial charge < -0.3 is 9.84 Å². The van der Waals surface area contributed by atoms with Gasteiger partial charge in [-0.15, -0.1) is 0 Å². The minimum absolute atomic E-state index is 0.181. The average molecular weight is 270 g/mol. The molecule has 0 aromatic heterocycles. The molecule has 1 atom stereocenters. The standard InChI is InChI=1S/C10H8BrNO3/c11-7-3-1-6(2-4-7)9-12-5-8(15-9)10(13)14/h1-4,8H,5H2,(H,13,14). The van der Waals surface area contributed by atoms with Crippen molar-refractivity contribution in [2.75, 3.05) is 6.54 Å². The van der Waals surface area contributed by atoms with Crippen LogP contribution in [-0.2, 0) is 9.53 Å². The van der Waals surface area contributed by atoms with E-state index in [2.05, 4.69) is 20.9 Å². The summed E-state index contributed by atoms with van der Waals surface area (Å²) >= 11 is 3.31. The molecule has 1 N–H and O–H groups in total. The Morgan fingerprint density at radius 1 is 1.47 bits per heavy atom. The second-order valence-corrected chi connectivity index (χ2v) is 4.01. The van der Waals surface area contributed by atoms with Crippen molar-refractivity contribution < 1.29 is 14.6 Å². The largest absolute Gasteiger partial charge is 0.478 e. The summed E-state index contributed by atoms with van der Waals surface area (Å²) in [6.07, 6.45) is -0.844. The number of carboxylic acid groups (broad SMARTS) is 1. The number of carboxylic acids is 1. The molecule has 2 rings (SSSR count). The zero-order chi connectivity index (χ0) is 10.8. The third-order valence-corrected chi connectivity index (χ3v) is 2.55. The van der Waals surface area contributed by atoms with E-state index in [1.165, 1.54) is 0 Å². The van der Waals surface area contributed by atoms with Crippen molar-refractivity contribution in [2.45, 2.75) is 6.10 Å². The highest BCUT2D eigenvalue weighted by atomic mass is 79.9. The van der Waals surface area contributed by atoms with Gasteiger partial charge in [0.25, 0.3) is 0 Å². The van der Waals surface area contributed by atoms with Crippen molar-refractivity contribution in [1.82, 2.24) is 0 Å². The number of carbonyl (C=O) groups is 1. The van der Waals surface area contributed by atoms with Gasteiger partial charge in [0.2, 0.25) is 12.0 Å². The van der Waals surface area contributed by atoms with Crippen molar-refractivity contribution >= 4 is 27.8 Å². The Balaban J connectivity index is 2.14. The van der Waals surface area contributed by atoms with Crippen molar-refractivity contribution in [3.05, 3.63) is 34.3 Å². The van der Waals surface area contributed by atoms with Gasteiger partial charge in [-0.1, -0.05) is 15.9 Å². The van der Waals surface area contributed by atoms with Gasteiger partial charge in [0, 0.05) is 10.0 Å². The molecule has 5 heteroatoms. The Labute approximate surface area is 94.7 Å². The van der Waals surface area contributed by atoms with Gasteiger partial charge in [0.15, 0.2) is 0 Å². The maximum absolute atomic E-state index is 10.6. The van der Waals surface area contributed by atoms with Crippen LogP contribution in [0.1, 0.15) is 5.56 Å². The predicted molar refractivity (Wildman–Crippen MR) is 58.1 cm³/mol. The average Bonchev–Trinajstić information content (AvgIpc) is 2.68. The Kier molecular flexibility index (Phi) is 2.73. The van der Waals surface area contributed by atoms with Gasteiger partial charge in [0.05, 0.1) is 6.54 Å². The number of ether oxygens (including phenoxy) is 1. The quantitative estimate of drug-likeness (QED) is 0.889. The van der Waals surface area contributed by atoms with Crippen LogP contribution >= 0.6 is 15.9 Å². The van der Waals surface area contributed by atoms with Gasteiger partial charge in [-0.3, -0.25) is 0 Å². The van der Waals surface area contributed by atoms with E-state index >= 15 is 0 Å². The molecule has 0 spiro atoms. The second kappa shape index (κ2) is 4.02. The molecule has 78 valence electrons. The fraction of sp³-hybridized carbons (Fsp3) is 0.200. The lowest BCUT2D eigenvalue weighted by atomic mass is 10.2. The number of nitrogens with zero attached hydrogens (tertiary/aromatic N) is 1. The van der Waals surface area contributed by atoms with Crippen molar-refractivity contribution in [3.8, 4) is 0 Å². The lowest BCUT2D eigenvalue weighted by molar-refractivity contribution is -0.144. The molecule has 4 nitrogen and oxygen atoms in total. The van der Waals surface area contributed by atoms with E-state index in [0.29, 0.717) is 5.90 Å². The van der Waals surface area contributed by atoms with Crippen molar-refractivity contribution in [3.63, 3.8) is 0 Å². The first-order chi connectivity index (χ1) is 7.16. The summed E-state index contributed by atoms with van der Waals surface area (Å²) < 4.78 is 6.14. The number of hydrogen-bond acceptors (Lipinski definition) is 3. The summed E-state index contributed by atoms with van der Waals surface area (Å²) in [7, 11) is 0. The fourth-order valence-corrected chi connectivity index (χ4v) is 1.52. The van der Waals surface area contributed by atoms with E-state index < -0.39 is 12.1 Å². The van der Waals surface area contributed by atoms with Crippen molar-refractivity contribution in [1.29, 1.82) is 0 Å². The molecule has 1 unspecified atom stereocenters. The highest BCUT2D eigenvalue weighted by Crippen LogP contribution is 2.15. The predicted octanol–water partition coefficient (Wildman–Crippen LogP) is 1.68.